The van der Waals surface area contributed by atoms with Gasteiger partial charge >= 0.3 is 0 Å². The molecule has 0 radical (unpaired) electrons. The monoisotopic (exact) mass is 268 g/mol. The van der Waals surface area contributed by atoms with E-state index in [1.807, 2.05) is 24.5 Å². The van der Waals surface area contributed by atoms with Gasteiger partial charge in [-0.05, 0) is 30.9 Å². The Bertz CT molecular complexity index is 421. The average molecular weight is 268 g/mol. The molecule has 1 atom stereocenters. The van der Waals surface area contributed by atoms with Crippen LogP contribution in [0.25, 0.3) is 0 Å². The van der Waals surface area contributed by atoms with Gasteiger partial charge in [0.05, 0.1) is 13.2 Å². The van der Waals surface area contributed by atoms with Gasteiger partial charge in [-0.15, -0.1) is 11.8 Å². The molecule has 0 spiro atoms. The first kappa shape index (κ1) is 14.9. The number of thioether (sulfide) groups is 1. The molecule has 18 heavy (non-hydrogen) atoms. The molecule has 0 aliphatic carbocycles. The lowest BCUT2D eigenvalue weighted by Gasteiger charge is -2.20. The molecule has 5 heteroatoms. The van der Waals surface area contributed by atoms with Crippen LogP contribution in [-0.2, 0) is 11.3 Å². The highest BCUT2D eigenvalue weighted by atomic mass is 32.2. The number of hydrogen-bond acceptors (Lipinski definition) is 4. The standard InChI is InChI=1S/C13H20N2O2S/c1-9(14)13(16)15(2)8-10-5-6-12(18-4)11(7-10)17-3/h5-7,9H,8,14H2,1-4H3/t9-/m0/s1. The highest BCUT2D eigenvalue weighted by Crippen LogP contribution is 2.28. The van der Waals surface area contributed by atoms with Crippen LogP contribution in [0, 0.1) is 0 Å². The van der Waals surface area contributed by atoms with Crippen molar-refractivity contribution in [3.05, 3.63) is 23.8 Å². The van der Waals surface area contributed by atoms with Crippen LogP contribution in [0.15, 0.2) is 23.1 Å². The number of amides is 1. The van der Waals surface area contributed by atoms with Crippen LogP contribution in [0.4, 0.5) is 0 Å². The molecule has 0 bridgehead atoms. The molecular formula is C13H20N2O2S. The molecule has 0 heterocycles. The van der Waals surface area contributed by atoms with Crippen molar-refractivity contribution in [3.8, 4) is 5.75 Å². The predicted octanol–water partition coefficient (Wildman–Crippen LogP) is 1.72. The zero-order valence-corrected chi connectivity index (χ0v) is 12.1. The lowest BCUT2D eigenvalue weighted by atomic mass is 10.2. The number of carbonyl (C=O) groups excluding carboxylic acids is 1. The van der Waals surface area contributed by atoms with E-state index in [0.29, 0.717) is 6.54 Å². The fourth-order valence-electron chi connectivity index (χ4n) is 1.68. The number of ether oxygens (including phenoxy) is 1. The summed E-state index contributed by atoms with van der Waals surface area (Å²) in [6.07, 6.45) is 2.00. The van der Waals surface area contributed by atoms with E-state index >= 15 is 0 Å². The van der Waals surface area contributed by atoms with E-state index in [1.165, 1.54) is 0 Å². The van der Waals surface area contributed by atoms with Gasteiger partial charge in [-0.3, -0.25) is 4.79 Å². The minimum absolute atomic E-state index is 0.0668. The number of methoxy groups -OCH3 is 1. The average Bonchev–Trinajstić information content (AvgIpc) is 2.37. The molecule has 1 rings (SSSR count). The molecule has 2 N–H and O–H groups in total. The lowest BCUT2D eigenvalue weighted by molar-refractivity contribution is -0.131. The van der Waals surface area contributed by atoms with Crippen molar-refractivity contribution in [3.63, 3.8) is 0 Å². The molecule has 4 nitrogen and oxygen atoms in total. The van der Waals surface area contributed by atoms with Crippen molar-refractivity contribution in [2.75, 3.05) is 20.4 Å². The van der Waals surface area contributed by atoms with Crippen LogP contribution in [0.1, 0.15) is 12.5 Å². The Morgan fingerprint density at radius 1 is 1.56 bits per heavy atom. The molecule has 0 aliphatic heterocycles. The maximum absolute atomic E-state index is 11.7. The fraction of sp³-hybridized carbons (Fsp3) is 0.462. The SMILES string of the molecule is COc1cc(CN(C)C(=O)[C@H](C)N)ccc1SC. The number of likely N-dealkylation sites (N-methyl/N-ethyl adjacent to an activating group) is 1. The van der Waals surface area contributed by atoms with Crippen molar-refractivity contribution in [1.82, 2.24) is 4.90 Å². The molecule has 1 aromatic carbocycles. The van der Waals surface area contributed by atoms with Gasteiger partial charge in [-0.25, -0.2) is 0 Å². The number of nitrogens with zero attached hydrogens (tertiary/aromatic N) is 1. The second-order valence-electron chi connectivity index (χ2n) is 4.17. The normalized spacial score (nSPS) is 12.1. The Labute approximate surface area is 112 Å². The van der Waals surface area contributed by atoms with E-state index in [9.17, 15) is 4.79 Å². The van der Waals surface area contributed by atoms with Gasteiger partial charge in [0.2, 0.25) is 5.91 Å². The molecule has 0 saturated heterocycles. The Kier molecular flexibility index (Phi) is 5.50. The second kappa shape index (κ2) is 6.66. The summed E-state index contributed by atoms with van der Waals surface area (Å²) in [6.45, 7) is 2.22. The summed E-state index contributed by atoms with van der Waals surface area (Å²) in [7, 11) is 3.40. The molecule has 100 valence electrons. The first-order chi connectivity index (χ1) is 8.49. The number of nitrogens with two attached hydrogens (primary N) is 1. The van der Waals surface area contributed by atoms with Crippen LogP contribution in [0.3, 0.4) is 0 Å². The summed E-state index contributed by atoms with van der Waals surface area (Å²) in [5.41, 5.74) is 6.60. The van der Waals surface area contributed by atoms with Crippen molar-refractivity contribution in [2.45, 2.75) is 24.4 Å². The molecule has 0 unspecified atom stereocenters. The van der Waals surface area contributed by atoms with Crippen LogP contribution in [0.5, 0.6) is 5.75 Å². The van der Waals surface area contributed by atoms with E-state index in [-0.39, 0.29) is 5.91 Å². The van der Waals surface area contributed by atoms with Crippen LogP contribution in [0.2, 0.25) is 0 Å². The summed E-state index contributed by atoms with van der Waals surface area (Å²) in [6, 6.07) is 5.49. The zero-order valence-electron chi connectivity index (χ0n) is 11.3. The van der Waals surface area contributed by atoms with E-state index < -0.39 is 6.04 Å². The van der Waals surface area contributed by atoms with E-state index in [4.69, 9.17) is 10.5 Å². The summed E-state index contributed by atoms with van der Waals surface area (Å²) in [4.78, 5) is 14.4. The van der Waals surface area contributed by atoms with Crippen molar-refractivity contribution >= 4 is 17.7 Å². The minimum Gasteiger partial charge on any atom is -0.496 e. The fourth-order valence-corrected chi connectivity index (χ4v) is 2.23. The third kappa shape index (κ3) is 3.65. The molecule has 1 amide bonds. The van der Waals surface area contributed by atoms with Gasteiger partial charge < -0.3 is 15.4 Å². The van der Waals surface area contributed by atoms with Gasteiger partial charge in [0.25, 0.3) is 0 Å². The first-order valence-electron chi connectivity index (χ1n) is 5.71. The first-order valence-corrected chi connectivity index (χ1v) is 6.93. The topological polar surface area (TPSA) is 55.6 Å². The van der Waals surface area contributed by atoms with E-state index in [1.54, 1.807) is 37.7 Å². The third-order valence-electron chi connectivity index (χ3n) is 2.63. The van der Waals surface area contributed by atoms with Crippen molar-refractivity contribution < 1.29 is 9.53 Å². The second-order valence-corrected chi connectivity index (χ2v) is 5.02. The predicted molar refractivity (Wildman–Crippen MR) is 74.9 cm³/mol. The van der Waals surface area contributed by atoms with E-state index in [2.05, 4.69) is 0 Å². The molecule has 0 aromatic heterocycles. The largest absolute Gasteiger partial charge is 0.496 e. The van der Waals surface area contributed by atoms with Gasteiger partial charge in [0, 0.05) is 18.5 Å². The Balaban J connectivity index is 2.82. The smallest absolute Gasteiger partial charge is 0.239 e. The summed E-state index contributed by atoms with van der Waals surface area (Å²) >= 11 is 1.63. The van der Waals surface area contributed by atoms with Crippen LogP contribution >= 0.6 is 11.8 Å². The summed E-state index contributed by atoms with van der Waals surface area (Å²) < 4.78 is 5.32. The molecule has 0 aliphatic rings. The maximum atomic E-state index is 11.7. The molecule has 1 aromatic rings. The highest BCUT2D eigenvalue weighted by Gasteiger charge is 2.14. The molecule has 0 saturated carbocycles. The number of hydrogen-bond donors (Lipinski definition) is 1. The number of carbonyl (C=O) groups is 1. The Morgan fingerprint density at radius 2 is 2.22 bits per heavy atom. The maximum Gasteiger partial charge on any atom is 0.239 e. The highest BCUT2D eigenvalue weighted by molar-refractivity contribution is 7.98. The van der Waals surface area contributed by atoms with E-state index in [0.717, 1.165) is 16.2 Å². The number of benzene rings is 1. The zero-order chi connectivity index (χ0) is 13.7. The minimum atomic E-state index is -0.470. The van der Waals surface area contributed by atoms with Crippen molar-refractivity contribution in [2.24, 2.45) is 5.73 Å². The third-order valence-corrected chi connectivity index (χ3v) is 3.41. The summed E-state index contributed by atoms with van der Waals surface area (Å²) in [5, 5.41) is 0. The Hall–Kier alpha value is -1.20. The van der Waals surface area contributed by atoms with Crippen LogP contribution in [-0.4, -0.2) is 37.3 Å². The lowest BCUT2D eigenvalue weighted by Crippen LogP contribution is -2.39. The molecular weight excluding hydrogens is 248 g/mol. The van der Waals surface area contributed by atoms with Gasteiger partial charge in [0.15, 0.2) is 0 Å². The number of rotatable bonds is 5. The van der Waals surface area contributed by atoms with Gasteiger partial charge in [0.1, 0.15) is 5.75 Å². The Morgan fingerprint density at radius 3 is 2.72 bits per heavy atom. The summed E-state index contributed by atoms with van der Waals surface area (Å²) in [5.74, 6) is 0.768. The van der Waals surface area contributed by atoms with Gasteiger partial charge in [-0.2, -0.15) is 0 Å². The quantitative estimate of drug-likeness (QED) is 0.826. The molecule has 0 fully saturated rings. The van der Waals surface area contributed by atoms with Crippen molar-refractivity contribution in [1.29, 1.82) is 0 Å². The van der Waals surface area contributed by atoms with Crippen LogP contribution < -0.4 is 10.5 Å². The van der Waals surface area contributed by atoms with Gasteiger partial charge in [-0.1, -0.05) is 6.07 Å².